The van der Waals surface area contributed by atoms with Crippen molar-refractivity contribution in [2.24, 2.45) is 0 Å². The fourth-order valence-corrected chi connectivity index (χ4v) is 1.82. The van der Waals surface area contributed by atoms with Crippen LogP contribution < -0.4 is 14.2 Å². The maximum atomic E-state index is 5.66. The summed E-state index contributed by atoms with van der Waals surface area (Å²) in [5.74, 6) is 2.34. The van der Waals surface area contributed by atoms with Crippen molar-refractivity contribution < 1.29 is 14.2 Å². The molecule has 0 aliphatic carbocycles. The molecule has 0 unspecified atom stereocenters. The Morgan fingerprint density at radius 1 is 1.28 bits per heavy atom. The van der Waals surface area contributed by atoms with E-state index < -0.39 is 0 Å². The zero-order valence-electron chi connectivity index (χ0n) is 9.91. The molecule has 0 spiro atoms. The average molecular weight is 246 g/mol. The minimum atomic E-state index is 0.291. The Kier molecular flexibility index (Phi) is 3.04. The van der Waals surface area contributed by atoms with Gasteiger partial charge < -0.3 is 18.8 Å². The van der Waals surface area contributed by atoms with Crippen molar-refractivity contribution in [1.82, 2.24) is 9.55 Å². The topological polar surface area (TPSA) is 45.5 Å². The van der Waals surface area contributed by atoms with Crippen molar-refractivity contribution in [3.8, 4) is 17.2 Å². The second-order valence-corrected chi connectivity index (χ2v) is 4.02. The van der Waals surface area contributed by atoms with Crippen LogP contribution in [0.4, 0.5) is 0 Å². The number of imidazole rings is 1. The summed E-state index contributed by atoms with van der Waals surface area (Å²) in [5, 5.41) is 0. The lowest BCUT2D eigenvalue weighted by Gasteiger charge is -2.07. The molecule has 0 saturated carbocycles. The highest BCUT2D eigenvalue weighted by molar-refractivity contribution is 5.46. The van der Waals surface area contributed by atoms with E-state index in [1.165, 1.54) is 0 Å². The largest absolute Gasteiger partial charge is 0.493 e. The van der Waals surface area contributed by atoms with Crippen molar-refractivity contribution in [1.29, 1.82) is 0 Å². The molecule has 0 atom stereocenters. The molecule has 1 aliphatic rings. The third-order valence-electron chi connectivity index (χ3n) is 2.73. The molecule has 94 valence electrons. The predicted molar refractivity (Wildman–Crippen MR) is 64.9 cm³/mol. The first-order chi connectivity index (χ1) is 8.92. The minimum absolute atomic E-state index is 0.291. The SMILES string of the molecule is c1cn(CCCOc2ccc3c(c2)OCO3)cn1. The molecular weight excluding hydrogens is 232 g/mol. The zero-order chi connectivity index (χ0) is 12.2. The Labute approximate surface area is 105 Å². The molecule has 0 amide bonds. The molecule has 0 fully saturated rings. The fraction of sp³-hybridized carbons (Fsp3) is 0.308. The summed E-state index contributed by atoms with van der Waals surface area (Å²) in [5.41, 5.74) is 0. The number of rotatable bonds is 5. The van der Waals surface area contributed by atoms with Gasteiger partial charge in [0.1, 0.15) is 5.75 Å². The van der Waals surface area contributed by atoms with Crippen LogP contribution in [0.15, 0.2) is 36.9 Å². The number of aryl methyl sites for hydroxylation is 1. The van der Waals surface area contributed by atoms with Crippen LogP contribution in [0.3, 0.4) is 0 Å². The fourth-order valence-electron chi connectivity index (χ4n) is 1.82. The molecule has 0 radical (unpaired) electrons. The lowest BCUT2D eigenvalue weighted by Crippen LogP contribution is -2.02. The summed E-state index contributed by atoms with van der Waals surface area (Å²) in [6, 6.07) is 5.62. The molecule has 0 bridgehead atoms. The number of aromatic nitrogens is 2. The number of fused-ring (bicyclic) bond motifs is 1. The maximum absolute atomic E-state index is 5.66. The molecule has 3 rings (SSSR count). The Morgan fingerprint density at radius 3 is 3.11 bits per heavy atom. The highest BCUT2D eigenvalue weighted by Gasteiger charge is 2.13. The smallest absolute Gasteiger partial charge is 0.231 e. The third-order valence-corrected chi connectivity index (χ3v) is 2.73. The van der Waals surface area contributed by atoms with E-state index in [-0.39, 0.29) is 0 Å². The lowest BCUT2D eigenvalue weighted by molar-refractivity contribution is 0.173. The first kappa shape index (κ1) is 11.0. The van der Waals surface area contributed by atoms with Crippen molar-refractivity contribution in [3.05, 3.63) is 36.9 Å². The molecule has 5 heteroatoms. The van der Waals surface area contributed by atoms with E-state index in [4.69, 9.17) is 14.2 Å². The quantitative estimate of drug-likeness (QED) is 0.758. The van der Waals surface area contributed by atoms with Crippen LogP contribution in [0.5, 0.6) is 17.2 Å². The van der Waals surface area contributed by atoms with Gasteiger partial charge in [-0.25, -0.2) is 4.98 Å². The van der Waals surface area contributed by atoms with Crippen LogP contribution in [0.2, 0.25) is 0 Å². The van der Waals surface area contributed by atoms with Gasteiger partial charge in [0.25, 0.3) is 0 Å². The predicted octanol–water partition coefficient (Wildman–Crippen LogP) is 2.08. The van der Waals surface area contributed by atoms with Gasteiger partial charge in [0, 0.05) is 25.0 Å². The van der Waals surface area contributed by atoms with Crippen molar-refractivity contribution in [2.45, 2.75) is 13.0 Å². The van der Waals surface area contributed by atoms with Crippen LogP contribution in [-0.2, 0) is 6.54 Å². The average Bonchev–Trinajstić information content (AvgIpc) is 3.05. The van der Waals surface area contributed by atoms with E-state index in [0.717, 1.165) is 30.2 Å². The summed E-state index contributed by atoms with van der Waals surface area (Å²) in [7, 11) is 0. The lowest BCUT2D eigenvalue weighted by atomic mass is 10.3. The standard InChI is InChI=1S/C13H14N2O3/c1(5-15-6-4-14-9-15)7-16-11-2-3-12-13(8-11)18-10-17-12/h2-4,6,8-9H,1,5,7,10H2. The number of ether oxygens (including phenoxy) is 3. The van der Waals surface area contributed by atoms with Gasteiger partial charge in [0.2, 0.25) is 6.79 Å². The van der Waals surface area contributed by atoms with Crippen LogP contribution in [0, 0.1) is 0 Å². The number of hydrogen-bond acceptors (Lipinski definition) is 4. The molecule has 0 saturated heterocycles. The number of benzene rings is 1. The van der Waals surface area contributed by atoms with Gasteiger partial charge in [0.05, 0.1) is 12.9 Å². The highest BCUT2D eigenvalue weighted by Crippen LogP contribution is 2.35. The Bertz CT molecular complexity index is 511. The number of nitrogens with zero attached hydrogens (tertiary/aromatic N) is 2. The molecular formula is C13H14N2O3. The normalized spacial score (nSPS) is 12.7. The molecule has 5 nitrogen and oxygen atoms in total. The van der Waals surface area contributed by atoms with Gasteiger partial charge in [-0.15, -0.1) is 0 Å². The van der Waals surface area contributed by atoms with Gasteiger partial charge in [-0.1, -0.05) is 0 Å². The summed E-state index contributed by atoms with van der Waals surface area (Å²) in [6.45, 7) is 1.86. The maximum Gasteiger partial charge on any atom is 0.231 e. The highest BCUT2D eigenvalue weighted by atomic mass is 16.7. The molecule has 18 heavy (non-hydrogen) atoms. The van der Waals surface area contributed by atoms with Crippen LogP contribution in [-0.4, -0.2) is 23.0 Å². The van der Waals surface area contributed by atoms with Crippen molar-refractivity contribution >= 4 is 0 Å². The second kappa shape index (κ2) is 5.00. The molecule has 1 aliphatic heterocycles. The molecule has 0 N–H and O–H groups in total. The summed E-state index contributed by atoms with van der Waals surface area (Å²) in [6.07, 6.45) is 6.46. The van der Waals surface area contributed by atoms with Gasteiger partial charge in [-0.3, -0.25) is 0 Å². The Morgan fingerprint density at radius 2 is 2.22 bits per heavy atom. The molecule has 2 heterocycles. The summed E-state index contributed by atoms with van der Waals surface area (Å²) < 4.78 is 18.2. The second-order valence-electron chi connectivity index (χ2n) is 4.02. The van der Waals surface area contributed by atoms with E-state index in [0.29, 0.717) is 13.4 Å². The van der Waals surface area contributed by atoms with Gasteiger partial charge in [-0.2, -0.15) is 0 Å². The number of hydrogen-bond donors (Lipinski definition) is 0. The van der Waals surface area contributed by atoms with Crippen molar-refractivity contribution in [2.75, 3.05) is 13.4 Å². The Balaban J connectivity index is 1.48. The van der Waals surface area contributed by atoms with E-state index in [1.807, 2.05) is 29.0 Å². The summed E-state index contributed by atoms with van der Waals surface area (Å²) in [4.78, 5) is 3.99. The van der Waals surface area contributed by atoms with Gasteiger partial charge in [0.15, 0.2) is 11.5 Å². The van der Waals surface area contributed by atoms with Gasteiger partial charge >= 0.3 is 0 Å². The minimum Gasteiger partial charge on any atom is -0.493 e. The summed E-state index contributed by atoms with van der Waals surface area (Å²) >= 11 is 0. The van der Waals surface area contributed by atoms with Crippen LogP contribution >= 0.6 is 0 Å². The first-order valence-electron chi connectivity index (χ1n) is 5.90. The van der Waals surface area contributed by atoms with Crippen LogP contribution in [0.25, 0.3) is 0 Å². The first-order valence-corrected chi connectivity index (χ1v) is 5.90. The third kappa shape index (κ3) is 2.40. The monoisotopic (exact) mass is 246 g/mol. The van der Waals surface area contributed by atoms with Gasteiger partial charge in [-0.05, 0) is 18.6 Å². The van der Waals surface area contributed by atoms with Crippen molar-refractivity contribution in [3.63, 3.8) is 0 Å². The zero-order valence-corrected chi connectivity index (χ0v) is 9.91. The van der Waals surface area contributed by atoms with E-state index >= 15 is 0 Å². The van der Waals surface area contributed by atoms with E-state index in [9.17, 15) is 0 Å². The van der Waals surface area contributed by atoms with E-state index in [1.54, 1.807) is 12.5 Å². The Hall–Kier alpha value is -2.17. The molecule has 2 aromatic rings. The molecule has 1 aromatic heterocycles. The van der Waals surface area contributed by atoms with E-state index in [2.05, 4.69) is 4.98 Å². The molecule has 1 aromatic carbocycles. The van der Waals surface area contributed by atoms with Crippen LogP contribution in [0.1, 0.15) is 6.42 Å².